The summed E-state index contributed by atoms with van der Waals surface area (Å²) in [6.07, 6.45) is 5.71. The van der Waals surface area contributed by atoms with Crippen molar-refractivity contribution in [3.05, 3.63) is 58.3 Å². The minimum atomic E-state index is -0.345. The number of nitrogens with zero attached hydrogens (tertiary/aromatic N) is 5. The summed E-state index contributed by atoms with van der Waals surface area (Å²) in [6, 6.07) is 6.38. The van der Waals surface area contributed by atoms with Gasteiger partial charge in [-0.3, -0.25) is 5.10 Å². The highest BCUT2D eigenvalue weighted by molar-refractivity contribution is 6.31. The van der Waals surface area contributed by atoms with Gasteiger partial charge in [-0.05, 0) is 50.5 Å². The van der Waals surface area contributed by atoms with Crippen LogP contribution in [0.4, 0.5) is 22.1 Å². The Hall–Kier alpha value is -3.00. The maximum atomic E-state index is 13.5. The number of halogens is 2. The van der Waals surface area contributed by atoms with Gasteiger partial charge in [-0.25, -0.2) is 4.39 Å². The molecule has 3 heterocycles. The Labute approximate surface area is 173 Å². The van der Waals surface area contributed by atoms with Crippen LogP contribution in [0.1, 0.15) is 42.9 Å². The maximum absolute atomic E-state index is 13.5. The average Bonchev–Trinajstić information content (AvgIpc) is 3.31. The van der Waals surface area contributed by atoms with Crippen molar-refractivity contribution in [1.82, 2.24) is 25.1 Å². The molecule has 1 saturated heterocycles. The number of anilines is 3. The molecule has 4 rings (SSSR count). The molecule has 9 heteroatoms. The Morgan fingerprint density at radius 1 is 1.28 bits per heavy atom. The van der Waals surface area contributed by atoms with E-state index in [2.05, 4.69) is 35.4 Å². The zero-order valence-electron chi connectivity index (χ0n) is 16.2. The molecule has 0 aliphatic carbocycles. The fourth-order valence-corrected chi connectivity index (χ4v) is 3.83. The van der Waals surface area contributed by atoms with Crippen LogP contribution in [0.25, 0.3) is 6.08 Å². The van der Waals surface area contributed by atoms with Crippen LogP contribution in [0.5, 0.6) is 0 Å². The van der Waals surface area contributed by atoms with E-state index in [-0.39, 0.29) is 11.9 Å². The Balaban J connectivity index is 1.62. The van der Waals surface area contributed by atoms with E-state index in [1.807, 2.05) is 32.1 Å². The molecule has 0 bridgehead atoms. The van der Waals surface area contributed by atoms with Crippen LogP contribution in [0.2, 0.25) is 5.02 Å². The smallest absolute Gasteiger partial charge is 0.233 e. The summed E-state index contributed by atoms with van der Waals surface area (Å²) in [5, 5.41) is 10.7. The van der Waals surface area contributed by atoms with Gasteiger partial charge in [0.2, 0.25) is 11.9 Å². The van der Waals surface area contributed by atoms with E-state index in [4.69, 9.17) is 11.6 Å². The maximum Gasteiger partial charge on any atom is 0.233 e. The number of aromatic amines is 1. The van der Waals surface area contributed by atoms with Gasteiger partial charge in [0.25, 0.3) is 0 Å². The Bertz CT molecular complexity index is 1050. The molecular formula is C20H21ClFN7. The fraction of sp³-hybridized carbons (Fsp3) is 0.300. The van der Waals surface area contributed by atoms with Crippen molar-refractivity contribution in [2.75, 3.05) is 16.8 Å². The molecule has 1 atom stereocenters. The minimum absolute atomic E-state index is 0.00979. The number of aromatic nitrogens is 5. The predicted octanol–water partition coefficient (Wildman–Crippen LogP) is 4.81. The first kappa shape index (κ1) is 19.3. The lowest BCUT2D eigenvalue weighted by molar-refractivity contribution is 0.624. The summed E-state index contributed by atoms with van der Waals surface area (Å²) in [4.78, 5) is 15.6. The van der Waals surface area contributed by atoms with Crippen molar-refractivity contribution in [3.8, 4) is 0 Å². The van der Waals surface area contributed by atoms with Crippen LogP contribution in [0, 0.1) is 12.7 Å². The molecule has 2 N–H and O–H groups in total. The second-order valence-corrected chi connectivity index (χ2v) is 7.26. The van der Waals surface area contributed by atoms with E-state index in [1.54, 1.807) is 6.07 Å². The van der Waals surface area contributed by atoms with Crippen LogP contribution in [0.15, 0.2) is 30.3 Å². The van der Waals surface area contributed by atoms with Crippen LogP contribution in [0.3, 0.4) is 0 Å². The molecule has 7 nitrogen and oxygen atoms in total. The van der Waals surface area contributed by atoms with Crippen molar-refractivity contribution >= 4 is 35.4 Å². The molecule has 0 saturated carbocycles. The highest BCUT2D eigenvalue weighted by atomic mass is 35.5. The zero-order chi connectivity index (χ0) is 20.4. The van der Waals surface area contributed by atoms with Crippen LogP contribution in [-0.4, -0.2) is 31.7 Å². The molecule has 2 aromatic heterocycles. The monoisotopic (exact) mass is 413 g/mol. The topological polar surface area (TPSA) is 82.6 Å². The number of rotatable bonds is 5. The Morgan fingerprint density at radius 3 is 2.93 bits per heavy atom. The number of nitrogens with one attached hydrogen (secondary N) is 2. The molecule has 1 fully saturated rings. The number of allylic oxidation sites excluding steroid dienone is 1. The minimum Gasteiger partial charge on any atom is -0.334 e. The van der Waals surface area contributed by atoms with E-state index in [0.29, 0.717) is 28.6 Å². The van der Waals surface area contributed by atoms with Gasteiger partial charge in [0.15, 0.2) is 5.82 Å². The van der Waals surface area contributed by atoms with E-state index in [1.165, 1.54) is 12.1 Å². The lowest BCUT2D eigenvalue weighted by Crippen LogP contribution is -2.25. The Morgan fingerprint density at radius 2 is 2.14 bits per heavy atom. The van der Waals surface area contributed by atoms with E-state index < -0.39 is 0 Å². The molecule has 1 aliphatic heterocycles. The molecule has 29 heavy (non-hydrogen) atoms. The average molecular weight is 414 g/mol. The summed E-state index contributed by atoms with van der Waals surface area (Å²) >= 11 is 6.31. The predicted molar refractivity (Wildman–Crippen MR) is 112 cm³/mol. The number of benzene rings is 1. The summed E-state index contributed by atoms with van der Waals surface area (Å²) in [6.45, 7) is 4.55. The first-order valence-corrected chi connectivity index (χ1v) is 9.80. The van der Waals surface area contributed by atoms with Crippen molar-refractivity contribution in [2.45, 2.75) is 32.7 Å². The van der Waals surface area contributed by atoms with Gasteiger partial charge in [-0.1, -0.05) is 23.7 Å². The quantitative estimate of drug-likeness (QED) is 0.624. The lowest BCUT2D eigenvalue weighted by Gasteiger charge is -2.26. The summed E-state index contributed by atoms with van der Waals surface area (Å²) in [5.41, 5.74) is 1.76. The molecule has 150 valence electrons. The van der Waals surface area contributed by atoms with Gasteiger partial charge in [0.1, 0.15) is 11.6 Å². The van der Waals surface area contributed by atoms with E-state index in [9.17, 15) is 4.39 Å². The van der Waals surface area contributed by atoms with Gasteiger partial charge in [0.05, 0.1) is 11.7 Å². The highest BCUT2D eigenvalue weighted by Gasteiger charge is 2.30. The number of hydrogen-bond acceptors (Lipinski definition) is 6. The third kappa shape index (κ3) is 4.22. The number of hydrogen-bond donors (Lipinski definition) is 2. The largest absolute Gasteiger partial charge is 0.334 e. The molecule has 1 aliphatic rings. The van der Waals surface area contributed by atoms with Crippen molar-refractivity contribution in [3.63, 3.8) is 0 Å². The van der Waals surface area contributed by atoms with Gasteiger partial charge < -0.3 is 10.2 Å². The standard InChI is InChI=1S/C20H21ClFN7/c1-3-5-14-11-18(28-27-14)25-19-23-12(2)24-20(26-19)29-9-4-6-17(29)15-8-7-13(22)10-16(15)21/h3,5,7-8,10-11,17H,4,6,9H2,1-2H3,(H2,23,24,25,26,27,28)/b5-3+. The summed E-state index contributed by atoms with van der Waals surface area (Å²) < 4.78 is 13.5. The summed E-state index contributed by atoms with van der Waals surface area (Å²) in [7, 11) is 0. The Kier molecular flexibility index (Phi) is 5.44. The third-order valence-electron chi connectivity index (χ3n) is 4.75. The molecular weight excluding hydrogens is 393 g/mol. The number of H-pyrrole nitrogens is 1. The second kappa shape index (κ2) is 8.16. The molecule has 0 radical (unpaired) electrons. The van der Waals surface area contributed by atoms with Gasteiger partial charge in [-0.2, -0.15) is 20.1 Å². The molecule has 1 unspecified atom stereocenters. The first-order valence-electron chi connectivity index (χ1n) is 9.43. The van der Waals surface area contributed by atoms with Crippen molar-refractivity contribution in [2.24, 2.45) is 0 Å². The molecule has 0 amide bonds. The SMILES string of the molecule is C/C=C/c1cc(Nc2nc(C)nc(N3CCCC3c3ccc(F)cc3Cl)n2)n[nH]1. The highest BCUT2D eigenvalue weighted by Crippen LogP contribution is 2.38. The second-order valence-electron chi connectivity index (χ2n) is 6.86. The lowest BCUT2D eigenvalue weighted by atomic mass is 10.0. The van der Waals surface area contributed by atoms with Crippen molar-refractivity contribution in [1.29, 1.82) is 0 Å². The molecule has 0 spiro atoms. The molecule has 1 aromatic carbocycles. The third-order valence-corrected chi connectivity index (χ3v) is 5.08. The van der Waals surface area contributed by atoms with Crippen LogP contribution >= 0.6 is 11.6 Å². The van der Waals surface area contributed by atoms with Gasteiger partial charge in [-0.15, -0.1) is 0 Å². The van der Waals surface area contributed by atoms with E-state index in [0.717, 1.165) is 30.6 Å². The zero-order valence-corrected chi connectivity index (χ0v) is 16.9. The van der Waals surface area contributed by atoms with E-state index >= 15 is 0 Å². The van der Waals surface area contributed by atoms with Gasteiger partial charge in [0, 0.05) is 17.6 Å². The van der Waals surface area contributed by atoms with Gasteiger partial charge >= 0.3 is 0 Å². The first-order chi connectivity index (χ1) is 14.0. The van der Waals surface area contributed by atoms with Crippen LogP contribution in [-0.2, 0) is 0 Å². The van der Waals surface area contributed by atoms with Crippen molar-refractivity contribution < 1.29 is 4.39 Å². The van der Waals surface area contributed by atoms with Crippen LogP contribution < -0.4 is 10.2 Å². The fourth-order valence-electron chi connectivity index (χ4n) is 3.53. The number of aryl methyl sites for hydroxylation is 1. The molecule has 3 aromatic rings. The normalized spacial score (nSPS) is 16.7. The summed E-state index contributed by atoms with van der Waals surface area (Å²) in [5.74, 6) is 1.85.